The molecule has 1 aliphatic rings. The second-order valence-electron chi connectivity index (χ2n) is 7.01. The molecule has 0 aromatic heterocycles. The number of aryl methyl sites for hydroxylation is 1. The number of hydrogen-bond acceptors (Lipinski definition) is 3. The Morgan fingerprint density at radius 2 is 1.71 bits per heavy atom. The number of carbonyl (C=O) groups excluding carboxylic acids is 1. The molecule has 1 atom stereocenters. The summed E-state index contributed by atoms with van der Waals surface area (Å²) in [7, 11) is 0. The van der Waals surface area contributed by atoms with Crippen LogP contribution in [0.5, 0.6) is 0 Å². The number of carbonyl (C=O) groups is 1. The van der Waals surface area contributed by atoms with Crippen LogP contribution in [0.1, 0.15) is 16.7 Å². The zero-order chi connectivity index (χ0) is 19.7. The number of fused-ring (bicyclic) bond motifs is 1. The van der Waals surface area contributed by atoms with E-state index >= 15 is 0 Å². The summed E-state index contributed by atoms with van der Waals surface area (Å²) >= 11 is 6.40. The predicted octanol–water partition coefficient (Wildman–Crippen LogP) is 4.49. The molecule has 0 aliphatic carbocycles. The largest absolute Gasteiger partial charge is 0.393 e. The van der Waals surface area contributed by atoms with E-state index in [1.807, 2.05) is 73.7 Å². The van der Waals surface area contributed by atoms with Gasteiger partial charge in [-0.1, -0.05) is 72.3 Å². The number of nitrogens with one attached hydrogen (secondary N) is 1. The number of benzene rings is 3. The molecule has 28 heavy (non-hydrogen) atoms. The minimum atomic E-state index is -1.28. The van der Waals surface area contributed by atoms with E-state index in [0.717, 1.165) is 22.4 Å². The van der Waals surface area contributed by atoms with E-state index in [0.29, 0.717) is 17.3 Å². The molecular formula is C23H21ClN2O2. The minimum absolute atomic E-state index is 0.195. The number of rotatable bonds is 5. The third-order valence-corrected chi connectivity index (χ3v) is 5.56. The number of aliphatic hydroxyl groups is 1. The topological polar surface area (TPSA) is 52.6 Å². The van der Waals surface area contributed by atoms with E-state index in [1.54, 1.807) is 11.0 Å². The Balaban J connectivity index is 1.80. The van der Waals surface area contributed by atoms with E-state index in [2.05, 4.69) is 5.32 Å². The van der Waals surface area contributed by atoms with Crippen molar-refractivity contribution in [3.05, 3.63) is 94.5 Å². The van der Waals surface area contributed by atoms with Crippen molar-refractivity contribution < 1.29 is 9.90 Å². The Hall–Kier alpha value is -2.82. The van der Waals surface area contributed by atoms with Gasteiger partial charge in [-0.15, -0.1) is 0 Å². The van der Waals surface area contributed by atoms with Crippen LogP contribution in [0.4, 0.5) is 11.4 Å². The number of hydrogen-bond donors (Lipinski definition) is 2. The molecule has 0 saturated heterocycles. The molecule has 0 radical (unpaired) electrons. The summed E-state index contributed by atoms with van der Waals surface area (Å²) in [5, 5.41) is 14.2. The molecule has 142 valence electrons. The third-order valence-electron chi connectivity index (χ3n) is 5.25. The van der Waals surface area contributed by atoms with Crippen LogP contribution in [-0.2, 0) is 16.9 Å². The van der Waals surface area contributed by atoms with Crippen LogP contribution < -0.4 is 10.2 Å². The molecule has 4 nitrogen and oxygen atoms in total. The Morgan fingerprint density at radius 1 is 1.00 bits per heavy atom. The molecule has 0 spiro atoms. The average Bonchev–Trinajstić information content (AvgIpc) is 2.94. The lowest BCUT2D eigenvalue weighted by Crippen LogP contribution is -2.48. The van der Waals surface area contributed by atoms with Crippen molar-refractivity contribution >= 4 is 28.9 Å². The fourth-order valence-corrected chi connectivity index (χ4v) is 4.03. The molecule has 0 fully saturated rings. The maximum Gasteiger partial charge on any atom is 0.260 e. The highest BCUT2D eigenvalue weighted by Gasteiger charge is 2.51. The van der Waals surface area contributed by atoms with Crippen LogP contribution in [0, 0.1) is 6.92 Å². The van der Waals surface area contributed by atoms with E-state index in [-0.39, 0.29) is 12.5 Å². The molecule has 3 aromatic rings. The summed E-state index contributed by atoms with van der Waals surface area (Å²) in [6.07, 6.45) is 0. The standard InChI is InChI=1S/C23H21ClN2O2/c1-16-8-7-12-19(24)21(16)25-23(15-27)18-11-5-6-13-20(18)26(22(23)28)14-17-9-3-2-4-10-17/h2-13,25,27H,14-15H2,1H3. The third kappa shape index (κ3) is 2.95. The van der Waals surface area contributed by atoms with Gasteiger partial charge in [0.1, 0.15) is 0 Å². The average molecular weight is 393 g/mol. The Kier molecular flexibility index (Phi) is 4.84. The Bertz CT molecular complexity index is 1000. The van der Waals surface area contributed by atoms with Crippen molar-refractivity contribution in [2.45, 2.75) is 19.0 Å². The number of amides is 1. The van der Waals surface area contributed by atoms with Crippen molar-refractivity contribution in [1.82, 2.24) is 0 Å². The predicted molar refractivity (Wildman–Crippen MR) is 113 cm³/mol. The first-order valence-electron chi connectivity index (χ1n) is 9.16. The number of aliphatic hydroxyl groups excluding tert-OH is 1. The quantitative estimate of drug-likeness (QED) is 0.672. The van der Waals surface area contributed by atoms with Gasteiger partial charge in [-0.2, -0.15) is 0 Å². The molecule has 5 heteroatoms. The zero-order valence-corrected chi connectivity index (χ0v) is 16.3. The van der Waals surface area contributed by atoms with E-state index in [1.165, 1.54) is 0 Å². The van der Waals surface area contributed by atoms with Crippen molar-refractivity contribution in [3.63, 3.8) is 0 Å². The summed E-state index contributed by atoms with van der Waals surface area (Å²) in [5.41, 5.74) is 2.85. The van der Waals surface area contributed by atoms with Crippen LogP contribution in [0.3, 0.4) is 0 Å². The first kappa shape index (κ1) is 18.5. The number of para-hydroxylation sites is 2. The second-order valence-corrected chi connectivity index (χ2v) is 7.42. The van der Waals surface area contributed by atoms with Gasteiger partial charge in [0.25, 0.3) is 5.91 Å². The summed E-state index contributed by atoms with van der Waals surface area (Å²) in [6.45, 7) is 1.98. The second kappa shape index (κ2) is 7.30. The molecule has 3 aromatic carbocycles. The van der Waals surface area contributed by atoms with Crippen LogP contribution in [0.15, 0.2) is 72.8 Å². The lowest BCUT2D eigenvalue weighted by atomic mass is 9.91. The molecule has 0 bridgehead atoms. The van der Waals surface area contributed by atoms with Crippen molar-refractivity contribution in [2.75, 3.05) is 16.8 Å². The highest BCUT2D eigenvalue weighted by Crippen LogP contribution is 2.44. The fourth-order valence-electron chi connectivity index (χ4n) is 3.76. The SMILES string of the molecule is Cc1cccc(Cl)c1NC1(CO)C(=O)N(Cc2ccccc2)c2ccccc21. The number of anilines is 2. The molecule has 2 N–H and O–H groups in total. The van der Waals surface area contributed by atoms with Crippen LogP contribution in [0.25, 0.3) is 0 Å². The maximum absolute atomic E-state index is 13.6. The van der Waals surface area contributed by atoms with Gasteiger partial charge in [-0.3, -0.25) is 4.79 Å². The minimum Gasteiger partial charge on any atom is -0.393 e. The van der Waals surface area contributed by atoms with Gasteiger partial charge in [0.15, 0.2) is 5.54 Å². The Morgan fingerprint density at radius 3 is 2.43 bits per heavy atom. The number of halogens is 1. The molecule has 0 saturated carbocycles. The van der Waals surface area contributed by atoms with E-state index < -0.39 is 5.54 Å². The van der Waals surface area contributed by atoms with Crippen molar-refractivity contribution in [1.29, 1.82) is 0 Å². The van der Waals surface area contributed by atoms with Gasteiger partial charge in [0.2, 0.25) is 0 Å². The lowest BCUT2D eigenvalue weighted by molar-refractivity contribution is -0.123. The van der Waals surface area contributed by atoms with Crippen molar-refractivity contribution in [3.8, 4) is 0 Å². The van der Waals surface area contributed by atoms with E-state index in [4.69, 9.17) is 11.6 Å². The van der Waals surface area contributed by atoms with Gasteiger partial charge < -0.3 is 15.3 Å². The lowest BCUT2D eigenvalue weighted by Gasteiger charge is -2.30. The normalized spacial score (nSPS) is 18.2. The zero-order valence-electron chi connectivity index (χ0n) is 15.5. The number of nitrogens with zero attached hydrogens (tertiary/aromatic N) is 1. The molecule has 4 rings (SSSR count). The molecule has 1 aliphatic heterocycles. The highest BCUT2D eigenvalue weighted by atomic mass is 35.5. The maximum atomic E-state index is 13.6. The molecular weight excluding hydrogens is 372 g/mol. The van der Waals surface area contributed by atoms with Gasteiger partial charge in [0.05, 0.1) is 29.5 Å². The molecule has 1 amide bonds. The van der Waals surface area contributed by atoms with Gasteiger partial charge in [-0.25, -0.2) is 0 Å². The van der Waals surface area contributed by atoms with Crippen molar-refractivity contribution in [2.24, 2.45) is 0 Å². The van der Waals surface area contributed by atoms with E-state index in [9.17, 15) is 9.90 Å². The first-order chi connectivity index (χ1) is 13.6. The highest BCUT2D eigenvalue weighted by molar-refractivity contribution is 6.33. The smallest absolute Gasteiger partial charge is 0.260 e. The summed E-state index contributed by atoms with van der Waals surface area (Å²) in [5.74, 6) is -0.195. The molecule has 1 heterocycles. The molecule has 1 unspecified atom stereocenters. The monoisotopic (exact) mass is 392 g/mol. The van der Waals surface area contributed by atoms with Crippen LogP contribution in [0.2, 0.25) is 5.02 Å². The first-order valence-corrected chi connectivity index (χ1v) is 9.54. The fraction of sp³-hybridized carbons (Fsp3) is 0.174. The summed E-state index contributed by atoms with van der Waals surface area (Å²) in [6, 6.07) is 23.0. The van der Waals surface area contributed by atoms with Gasteiger partial charge in [-0.05, 0) is 30.2 Å². The van der Waals surface area contributed by atoms with Crippen LogP contribution >= 0.6 is 11.6 Å². The summed E-state index contributed by atoms with van der Waals surface area (Å²) in [4.78, 5) is 15.3. The Labute approximate surface area is 169 Å². The summed E-state index contributed by atoms with van der Waals surface area (Å²) < 4.78 is 0. The van der Waals surface area contributed by atoms with Crippen LogP contribution in [-0.4, -0.2) is 17.6 Å². The van der Waals surface area contributed by atoms with Gasteiger partial charge >= 0.3 is 0 Å². The van der Waals surface area contributed by atoms with Gasteiger partial charge in [0, 0.05) is 5.56 Å².